The third-order valence-electron chi connectivity index (χ3n) is 5.29. The molecule has 6 unspecified atom stereocenters. The Hall–Kier alpha value is -2.25. The number of rotatable bonds is 19. The Morgan fingerprint density at radius 2 is 1.13 bits per heavy atom. The summed E-state index contributed by atoms with van der Waals surface area (Å²) < 4.78 is 0. The summed E-state index contributed by atoms with van der Waals surface area (Å²) in [7, 11) is 0. The van der Waals surface area contributed by atoms with Gasteiger partial charge in [0.25, 0.3) is 0 Å². The van der Waals surface area contributed by atoms with E-state index >= 15 is 0 Å². The minimum Gasteiger partial charge on any atom is -0.386 e. The molecule has 0 bridgehead atoms. The van der Waals surface area contributed by atoms with Gasteiger partial charge in [-0.25, -0.2) is 0 Å². The predicted octanol–water partition coefficient (Wildman–Crippen LogP) is 1.12. The molecule has 13 heteroatoms. The van der Waals surface area contributed by atoms with Gasteiger partial charge in [0.15, 0.2) is 0 Å². The van der Waals surface area contributed by atoms with Crippen LogP contribution in [0.1, 0.15) is 71.1 Å². The second-order valence-corrected chi connectivity index (χ2v) is 7.68. The fourth-order valence-electron chi connectivity index (χ4n) is 3.37. The molecule has 0 aromatic rings. The van der Waals surface area contributed by atoms with Gasteiger partial charge in [-0.2, -0.15) is 0 Å². The molecule has 0 heterocycles. The largest absolute Gasteiger partial charge is 0.386 e. The summed E-state index contributed by atoms with van der Waals surface area (Å²) in [6.07, 6.45) is -2.79. The van der Waals surface area contributed by atoms with E-state index in [4.69, 9.17) is 0 Å². The van der Waals surface area contributed by atoms with Crippen LogP contribution in [0.4, 0.5) is 0 Å². The van der Waals surface area contributed by atoms with Crippen LogP contribution in [0.25, 0.3) is 0 Å². The third-order valence-corrected chi connectivity index (χ3v) is 5.29. The maximum Gasteiger partial charge on any atom is 0.245 e. The van der Waals surface area contributed by atoms with Crippen LogP contribution in [0.3, 0.4) is 0 Å². The predicted molar refractivity (Wildman–Crippen MR) is 108 cm³/mol. The molecule has 0 aliphatic heterocycles. The summed E-state index contributed by atoms with van der Waals surface area (Å²) in [5.41, 5.74) is 0. The van der Waals surface area contributed by atoms with E-state index in [0.717, 1.165) is 12.8 Å². The van der Waals surface area contributed by atoms with Crippen molar-refractivity contribution in [3.8, 4) is 0 Å². The molecule has 0 saturated heterocycles. The molecule has 0 aliphatic carbocycles. The van der Waals surface area contributed by atoms with Crippen LogP contribution in [-0.4, -0.2) is 72.8 Å². The fourth-order valence-corrected chi connectivity index (χ4v) is 3.37. The standard InChI is InChI=1S/C18H33N3O10/c1-2-3-5-8-16(23)13(19(26)27)11-14(20(28)29)18(25)12-15(21(30)31)17(24)9-6-4-7-10-22/h10,13-18,23-25H,2-9,11-12H2,1H3. The molecule has 6 atom stereocenters. The summed E-state index contributed by atoms with van der Waals surface area (Å²) >= 11 is 0. The van der Waals surface area contributed by atoms with Gasteiger partial charge in [0, 0.05) is 21.2 Å². The van der Waals surface area contributed by atoms with Crippen molar-refractivity contribution in [2.75, 3.05) is 0 Å². The van der Waals surface area contributed by atoms with E-state index in [-0.39, 0.29) is 19.3 Å². The lowest BCUT2D eigenvalue weighted by Crippen LogP contribution is -2.46. The molecule has 0 amide bonds. The highest BCUT2D eigenvalue weighted by Crippen LogP contribution is 2.21. The lowest BCUT2D eigenvalue weighted by Gasteiger charge is -2.23. The SMILES string of the molecule is CCCCCC(O)C(CC(C(O)CC(C(O)CCCCC=O)[N+](=O)[O-])[N+](=O)[O-])[N+](=O)[O-]. The van der Waals surface area contributed by atoms with E-state index in [9.17, 15) is 50.5 Å². The van der Waals surface area contributed by atoms with E-state index < -0.39 is 64.0 Å². The van der Waals surface area contributed by atoms with E-state index in [1.807, 2.05) is 6.92 Å². The molecule has 0 aromatic carbocycles. The number of aliphatic hydroxyl groups is 3. The van der Waals surface area contributed by atoms with Crippen molar-refractivity contribution in [3.05, 3.63) is 30.3 Å². The van der Waals surface area contributed by atoms with Crippen LogP contribution in [0.15, 0.2) is 0 Å². The summed E-state index contributed by atoms with van der Waals surface area (Å²) in [6, 6.07) is -5.33. The Bertz CT molecular complexity index is 577. The van der Waals surface area contributed by atoms with Crippen LogP contribution in [-0.2, 0) is 4.79 Å². The third kappa shape index (κ3) is 11.1. The Kier molecular flexibility index (Phi) is 14.4. The molecular weight excluding hydrogens is 418 g/mol. The van der Waals surface area contributed by atoms with Crippen molar-refractivity contribution in [1.29, 1.82) is 0 Å². The number of hydrogen-bond acceptors (Lipinski definition) is 10. The summed E-state index contributed by atoms with van der Waals surface area (Å²) in [4.78, 5) is 41.7. The summed E-state index contributed by atoms with van der Waals surface area (Å²) in [5.74, 6) is 0. The number of nitro groups is 3. The molecule has 0 aromatic heterocycles. The molecule has 0 spiro atoms. The Balaban J connectivity index is 5.21. The van der Waals surface area contributed by atoms with Gasteiger partial charge in [-0.15, -0.1) is 0 Å². The van der Waals surface area contributed by atoms with Gasteiger partial charge in [0.1, 0.15) is 24.6 Å². The smallest absolute Gasteiger partial charge is 0.245 e. The van der Waals surface area contributed by atoms with Gasteiger partial charge >= 0.3 is 0 Å². The minimum atomic E-state index is -1.93. The van der Waals surface area contributed by atoms with Crippen molar-refractivity contribution in [3.63, 3.8) is 0 Å². The molecule has 3 N–H and O–H groups in total. The van der Waals surface area contributed by atoms with Crippen molar-refractivity contribution in [2.24, 2.45) is 0 Å². The van der Waals surface area contributed by atoms with E-state index in [1.165, 1.54) is 0 Å². The van der Waals surface area contributed by atoms with Gasteiger partial charge in [-0.3, -0.25) is 30.3 Å². The van der Waals surface area contributed by atoms with E-state index in [1.54, 1.807) is 0 Å². The first kappa shape index (κ1) is 28.8. The average molecular weight is 451 g/mol. The molecule has 0 saturated carbocycles. The number of nitrogens with zero attached hydrogens (tertiary/aromatic N) is 3. The zero-order chi connectivity index (χ0) is 24.0. The van der Waals surface area contributed by atoms with Gasteiger partial charge in [0.2, 0.25) is 18.1 Å². The molecule has 13 nitrogen and oxygen atoms in total. The highest BCUT2D eigenvalue weighted by atomic mass is 16.6. The first-order valence-electron chi connectivity index (χ1n) is 10.4. The van der Waals surface area contributed by atoms with Gasteiger partial charge in [-0.05, 0) is 19.3 Å². The number of carbonyl (C=O) groups is 1. The first-order chi connectivity index (χ1) is 14.6. The van der Waals surface area contributed by atoms with Crippen LogP contribution < -0.4 is 0 Å². The number of aldehydes is 1. The lowest BCUT2D eigenvalue weighted by molar-refractivity contribution is -0.578. The molecule has 0 aliphatic rings. The van der Waals surface area contributed by atoms with Crippen molar-refractivity contribution in [2.45, 2.75) is 108 Å². The number of unbranched alkanes of at least 4 members (excludes halogenated alkanes) is 4. The highest BCUT2D eigenvalue weighted by molar-refractivity contribution is 5.48. The van der Waals surface area contributed by atoms with Gasteiger partial charge < -0.3 is 20.1 Å². The molecule has 180 valence electrons. The van der Waals surface area contributed by atoms with Crippen LogP contribution in [0.5, 0.6) is 0 Å². The summed E-state index contributed by atoms with van der Waals surface area (Å²) in [6.45, 7) is 1.90. The average Bonchev–Trinajstić information content (AvgIpc) is 2.68. The minimum absolute atomic E-state index is 0.0387. The quantitative estimate of drug-likeness (QED) is 0.110. The van der Waals surface area contributed by atoms with Crippen molar-refractivity contribution >= 4 is 6.29 Å². The molecule has 0 radical (unpaired) electrons. The van der Waals surface area contributed by atoms with Gasteiger partial charge in [-0.1, -0.05) is 32.6 Å². The zero-order valence-electron chi connectivity index (χ0n) is 17.7. The normalized spacial score (nSPS) is 17.2. The first-order valence-corrected chi connectivity index (χ1v) is 10.4. The van der Waals surface area contributed by atoms with Crippen molar-refractivity contribution < 1.29 is 34.9 Å². The Labute approximate surface area is 179 Å². The van der Waals surface area contributed by atoms with E-state index in [0.29, 0.717) is 25.5 Å². The molecule has 0 fully saturated rings. The van der Waals surface area contributed by atoms with Crippen LogP contribution in [0, 0.1) is 30.3 Å². The lowest BCUT2D eigenvalue weighted by atomic mass is 9.91. The number of hydrogen-bond donors (Lipinski definition) is 3. The maximum absolute atomic E-state index is 11.4. The second-order valence-electron chi connectivity index (χ2n) is 7.68. The van der Waals surface area contributed by atoms with Crippen LogP contribution in [0.2, 0.25) is 0 Å². The molecule has 31 heavy (non-hydrogen) atoms. The molecule has 0 rings (SSSR count). The van der Waals surface area contributed by atoms with Crippen molar-refractivity contribution in [1.82, 2.24) is 0 Å². The second kappa shape index (κ2) is 15.5. The summed E-state index contributed by atoms with van der Waals surface area (Å²) in [5, 5.41) is 64.5. The monoisotopic (exact) mass is 451 g/mol. The number of aliphatic hydroxyl groups excluding tert-OH is 3. The van der Waals surface area contributed by atoms with Gasteiger partial charge in [0.05, 0.1) is 12.8 Å². The Morgan fingerprint density at radius 1 is 0.710 bits per heavy atom. The zero-order valence-corrected chi connectivity index (χ0v) is 17.7. The van der Waals surface area contributed by atoms with E-state index in [2.05, 4.69) is 0 Å². The number of carbonyl (C=O) groups excluding carboxylic acids is 1. The maximum atomic E-state index is 11.4. The fraction of sp³-hybridized carbons (Fsp3) is 0.944. The Morgan fingerprint density at radius 3 is 1.55 bits per heavy atom. The highest BCUT2D eigenvalue weighted by Gasteiger charge is 2.44. The topological polar surface area (TPSA) is 207 Å². The molecular formula is C18H33N3O10. The van der Waals surface area contributed by atoms with Crippen LogP contribution >= 0.6 is 0 Å².